The Kier molecular flexibility index (Phi) is 8.39. The average Bonchev–Trinajstić information content (AvgIpc) is 4.16. The largest absolute Gasteiger partial charge is 0.263 e. The third-order valence-corrected chi connectivity index (χ3v) is 23.1. The molecule has 0 fully saturated rings. The predicted octanol–water partition coefficient (Wildman–Crippen LogP) is 14.1. The average molecular weight is 916 g/mol. The Morgan fingerprint density at radius 3 is 1.22 bits per heavy atom. The molecule has 65 heavy (non-hydrogen) atoms. The summed E-state index contributed by atoms with van der Waals surface area (Å²) in [6, 6.07) is 66.8. The first-order valence-corrected chi connectivity index (χ1v) is 26.9. The van der Waals surface area contributed by atoms with Crippen LogP contribution in [0.5, 0.6) is 0 Å². The molecule has 0 radical (unpaired) electrons. The topological polar surface area (TPSA) is 38.7 Å². The van der Waals surface area contributed by atoms with Crippen molar-refractivity contribution in [2.45, 2.75) is 0 Å². The van der Waals surface area contributed by atoms with Gasteiger partial charge in [0.05, 0.1) is 30.4 Å². The Bertz CT molecular complexity index is 3930. The molecule has 7 aromatic heterocycles. The predicted molar refractivity (Wildman–Crippen MR) is 286 cm³/mol. The molecular formula is C57H33N3S4Si. The lowest BCUT2D eigenvalue weighted by Crippen LogP contribution is -2.76. The van der Waals surface area contributed by atoms with Crippen LogP contribution >= 0.6 is 45.3 Å². The lowest BCUT2D eigenvalue weighted by molar-refractivity contribution is 1.38. The molecule has 7 aromatic carbocycles. The van der Waals surface area contributed by atoms with Gasteiger partial charge in [-0.2, -0.15) is 0 Å². The second kappa shape index (κ2) is 14.6. The summed E-state index contributed by atoms with van der Waals surface area (Å²) in [5.74, 6) is 0. The maximum absolute atomic E-state index is 5.60. The number of pyridine rings is 3. The van der Waals surface area contributed by atoms with Crippen molar-refractivity contribution < 1.29 is 0 Å². The van der Waals surface area contributed by atoms with Crippen LogP contribution in [0, 0.1) is 0 Å². The molecule has 0 atom stereocenters. The number of hydrogen-bond donors (Lipinski definition) is 0. The zero-order chi connectivity index (χ0) is 42.6. The minimum Gasteiger partial charge on any atom is -0.263 e. The Morgan fingerprint density at radius 2 is 0.662 bits per heavy atom. The van der Waals surface area contributed by atoms with E-state index in [0.717, 1.165) is 21.9 Å². The molecule has 14 rings (SSSR count). The van der Waals surface area contributed by atoms with Crippen molar-refractivity contribution in [3.8, 4) is 22.4 Å². The van der Waals surface area contributed by atoms with Crippen LogP contribution in [0.2, 0.25) is 0 Å². The highest BCUT2D eigenvalue weighted by atomic mass is 32.1. The van der Waals surface area contributed by atoms with Crippen LogP contribution in [0.15, 0.2) is 201 Å². The molecule has 3 nitrogen and oxygen atoms in total. The van der Waals surface area contributed by atoms with Gasteiger partial charge in [-0.3, -0.25) is 15.0 Å². The Balaban J connectivity index is 1.07. The van der Waals surface area contributed by atoms with E-state index in [-0.39, 0.29) is 0 Å². The SMILES string of the molecule is c1ccc([Si](c2ccccc2)(c2nccc3c2sc2c(-c4cccc5c4sc4ccccc45)cccc23)c2nccc3c2sc2c(-c4nccc5c4sc4ccccc45)cccc23)cc1. The van der Waals surface area contributed by atoms with E-state index in [9.17, 15) is 0 Å². The molecule has 0 amide bonds. The Morgan fingerprint density at radius 1 is 0.277 bits per heavy atom. The van der Waals surface area contributed by atoms with Crippen molar-refractivity contribution in [2.75, 3.05) is 0 Å². The molecular weight excluding hydrogens is 883 g/mol. The van der Waals surface area contributed by atoms with E-state index in [1.807, 2.05) is 57.7 Å². The van der Waals surface area contributed by atoms with E-state index in [1.54, 1.807) is 0 Å². The maximum atomic E-state index is 5.60. The molecule has 0 spiro atoms. The summed E-state index contributed by atoms with van der Waals surface area (Å²) in [6.45, 7) is 0. The molecule has 0 aliphatic carbocycles. The van der Waals surface area contributed by atoms with Crippen LogP contribution in [0.3, 0.4) is 0 Å². The third-order valence-electron chi connectivity index (χ3n) is 13.2. The minimum absolute atomic E-state index is 1.03. The van der Waals surface area contributed by atoms with Gasteiger partial charge in [0.2, 0.25) is 8.07 Å². The first-order chi connectivity index (χ1) is 32.3. The molecule has 0 aliphatic heterocycles. The molecule has 7 heterocycles. The van der Waals surface area contributed by atoms with E-state index in [0.29, 0.717) is 0 Å². The van der Waals surface area contributed by atoms with Crippen LogP contribution in [0.1, 0.15) is 0 Å². The molecule has 0 unspecified atom stereocenters. The van der Waals surface area contributed by atoms with Gasteiger partial charge >= 0.3 is 0 Å². The Labute approximate surface area is 390 Å². The minimum atomic E-state index is -3.29. The van der Waals surface area contributed by atoms with Gasteiger partial charge < -0.3 is 0 Å². The zero-order valence-electron chi connectivity index (χ0n) is 34.5. The van der Waals surface area contributed by atoms with Crippen LogP contribution in [-0.4, -0.2) is 23.0 Å². The van der Waals surface area contributed by atoms with E-state index < -0.39 is 8.07 Å². The molecule has 0 bridgehead atoms. The van der Waals surface area contributed by atoms with Crippen LogP contribution in [-0.2, 0) is 0 Å². The zero-order valence-corrected chi connectivity index (χ0v) is 38.8. The highest BCUT2D eigenvalue weighted by Gasteiger charge is 2.47. The second-order valence-corrected chi connectivity index (χ2v) is 24.3. The first kappa shape index (κ1) is 37.5. The third kappa shape index (κ3) is 5.40. The molecule has 0 aliphatic rings. The van der Waals surface area contributed by atoms with Gasteiger partial charge in [-0.15, -0.1) is 45.3 Å². The summed E-state index contributed by atoms with van der Waals surface area (Å²) in [5, 5.41) is 14.8. The van der Waals surface area contributed by atoms with E-state index in [2.05, 4.69) is 188 Å². The van der Waals surface area contributed by atoms with Crippen LogP contribution < -0.4 is 21.0 Å². The molecule has 0 saturated heterocycles. The fraction of sp³-hybridized carbons (Fsp3) is 0. The summed E-state index contributed by atoms with van der Waals surface area (Å²) in [6.07, 6.45) is 6.08. The molecule has 304 valence electrons. The summed E-state index contributed by atoms with van der Waals surface area (Å²) >= 11 is 7.48. The fourth-order valence-corrected chi connectivity index (χ4v) is 21.0. The Hall–Kier alpha value is -6.91. The first-order valence-electron chi connectivity index (χ1n) is 21.7. The van der Waals surface area contributed by atoms with Crippen molar-refractivity contribution >= 4 is 155 Å². The number of rotatable bonds is 6. The van der Waals surface area contributed by atoms with Crippen molar-refractivity contribution in [2.24, 2.45) is 0 Å². The van der Waals surface area contributed by atoms with Crippen molar-refractivity contribution in [1.82, 2.24) is 15.0 Å². The quantitative estimate of drug-likeness (QED) is 0.156. The lowest BCUT2D eigenvalue weighted by Gasteiger charge is -2.32. The lowest BCUT2D eigenvalue weighted by atomic mass is 10.0. The second-order valence-electron chi connectivity index (χ2n) is 16.5. The van der Waals surface area contributed by atoms with Crippen LogP contribution in [0.25, 0.3) is 103 Å². The summed E-state index contributed by atoms with van der Waals surface area (Å²) in [5.41, 5.74) is 4.73. The van der Waals surface area contributed by atoms with Gasteiger partial charge in [-0.1, -0.05) is 152 Å². The van der Waals surface area contributed by atoms with Crippen molar-refractivity contribution in [3.63, 3.8) is 0 Å². The van der Waals surface area contributed by atoms with Gasteiger partial charge in [0.25, 0.3) is 0 Å². The number of fused-ring (bicyclic) bond motifs is 12. The number of benzene rings is 7. The summed E-state index contributed by atoms with van der Waals surface area (Å²) in [7, 11) is -3.29. The summed E-state index contributed by atoms with van der Waals surface area (Å²) in [4.78, 5) is 16.3. The van der Waals surface area contributed by atoms with Gasteiger partial charge in [-0.05, 0) is 40.7 Å². The molecule has 14 aromatic rings. The molecule has 0 N–H and O–H groups in total. The highest BCUT2D eigenvalue weighted by Crippen LogP contribution is 2.47. The van der Waals surface area contributed by atoms with Gasteiger partial charge in [0.15, 0.2) is 0 Å². The maximum Gasteiger partial charge on any atom is 0.227 e. The fourth-order valence-electron chi connectivity index (χ4n) is 10.4. The van der Waals surface area contributed by atoms with Crippen LogP contribution in [0.4, 0.5) is 0 Å². The van der Waals surface area contributed by atoms with Gasteiger partial charge in [0, 0.05) is 102 Å². The van der Waals surface area contributed by atoms with Crippen molar-refractivity contribution in [1.29, 1.82) is 0 Å². The van der Waals surface area contributed by atoms with Crippen molar-refractivity contribution in [3.05, 3.63) is 201 Å². The standard InChI is InChI=1S/C57H33N3S4Si/c1-3-14-34(15-4-1)65(35-16-5-2-6-17-35,56-54-44(29-32-59-56)41-23-12-22-40(51(41)63-54)39-21-11-20-38-36-18-7-9-26-47(36)61-50(38)39)57-55-45(30-33-60-57)42-24-13-25-46(52(42)64-55)49-53-43(28-31-58-49)37-19-8-10-27-48(37)62-53/h1-33H. The number of thiophene rings is 4. The number of aromatic nitrogens is 3. The van der Waals surface area contributed by atoms with E-state index in [1.165, 1.54) is 102 Å². The van der Waals surface area contributed by atoms with Gasteiger partial charge in [-0.25, -0.2) is 0 Å². The molecule has 0 saturated carbocycles. The highest BCUT2D eigenvalue weighted by molar-refractivity contribution is 7.34. The summed E-state index contributed by atoms with van der Waals surface area (Å²) < 4.78 is 10.1. The number of hydrogen-bond acceptors (Lipinski definition) is 7. The normalized spacial score (nSPS) is 12.3. The number of nitrogens with zero attached hydrogens (tertiary/aromatic N) is 3. The monoisotopic (exact) mass is 915 g/mol. The van der Waals surface area contributed by atoms with Gasteiger partial charge in [0.1, 0.15) is 0 Å². The van der Waals surface area contributed by atoms with E-state index >= 15 is 0 Å². The van der Waals surface area contributed by atoms with E-state index in [4.69, 9.17) is 15.0 Å². The molecule has 8 heteroatoms. The smallest absolute Gasteiger partial charge is 0.227 e.